The Morgan fingerprint density at radius 1 is 1.25 bits per heavy atom. The van der Waals surface area contributed by atoms with Gasteiger partial charge in [-0.25, -0.2) is 4.98 Å². The molecule has 5 nitrogen and oxygen atoms in total. The molecule has 1 N–H and O–H groups in total. The average Bonchev–Trinajstić information content (AvgIpc) is 3.13. The third-order valence-electron chi connectivity index (χ3n) is 3.61. The molecule has 2 heterocycles. The van der Waals surface area contributed by atoms with E-state index in [1.54, 1.807) is 24.9 Å². The highest BCUT2D eigenvalue weighted by Crippen LogP contribution is 2.26. The third-order valence-corrected chi connectivity index (χ3v) is 4.50. The van der Waals surface area contributed by atoms with Crippen LogP contribution in [0.4, 0.5) is 0 Å². The Balaban J connectivity index is 1.71. The summed E-state index contributed by atoms with van der Waals surface area (Å²) in [7, 11) is 1.63. The highest BCUT2D eigenvalue weighted by atomic mass is 32.1. The van der Waals surface area contributed by atoms with Crippen molar-refractivity contribution in [2.45, 2.75) is 13.0 Å². The zero-order valence-electron chi connectivity index (χ0n) is 13.4. The van der Waals surface area contributed by atoms with E-state index in [4.69, 9.17) is 4.74 Å². The Bertz CT molecular complexity index is 816. The summed E-state index contributed by atoms with van der Waals surface area (Å²) in [6.07, 6.45) is 3.45. The average molecular weight is 339 g/mol. The van der Waals surface area contributed by atoms with Crippen molar-refractivity contribution in [2.75, 3.05) is 7.11 Å². The predicted molar refractivity (Wildman–Crippen MR) is 94.2 cm³/mol. The molecule has 122 valence electrons. The molecule has 3 aromatic rings. The van der Waals surface area contributed by atoms with E-state index in [1.165, 1.54) is 11.3 Å². The molecule has 0 aliphatic carbocycles. The molecule has 1 unspecified atom stereocenters. The second kappa shape index (κ2) is 7.23. The molecule has 0 radical (unpaired) electrons. The fourth-order valence-corrected chi connectivity index (χ4v) is 3.04. The first-order chi connectivity index (χ1) is 11.7. The summed E-state index contributed by atoms with van der Waals surface area (Å²) in [6.45, 7) is 1.92. The summed E-state index contributed by atoms with van der Waals surface area (Å²) >= 11 is 1.44. The molecule has 1 atom stereocenters. The van der Waals surface area contributed by atoms with Crippen LogP contribution in [0.5, 0.6) is 5.75 Å². The number of thiazole rings is 1. The standard InChI is InChI=1S/C18H17N3O2S/c1-12(14-4-3-9-19-10-14)20-17(22)16-11-24-18(21-16)13-5-7-15(23-2)8-6-13/h3-12H,1-2H3,(H,20,22). The number of rotatable bonds is 5. The first-order valence-electron chi connectivity index (χ1n) is 7.48. The Hall–Kier alpha value is -2.73. The summed E-state index contributed by atoms with van der Waals surface area (Å²) in [5, 5.41) is 5.51. The van der Waals surface area contributed by atoms with E-state index in [0.29, 0.717) is 5.69 Å². The van der Waals surface area contributed by atoms with Gasteiger partial charge in [0.15, 0.2) is 0 Å². The van der Waals surface area contributed by atoms with Crippen molar-refractivity contribution in [3.05, 3.63) is 65.4 Å². The topological polar surface area (TPSA) is 64.1 Å². The molecule has 0 aliphatic rings. The second-order valence-electron chi connectivity index (χ2n) is 5.25. The van der Waals surface area contributed by atoms with Crippen LogP contribution in [-0.2, 0) is 0 Å². The van der Waals surface area contributed by atoms with E-state index >= 15 is 0 Å². The minimum atomic E-state index is -0.192. The summed E-state index contributed by atoms with van der Waals surface area (Å²) < 4.78 is 5.15. The molecule has 0 spiro atoms. The van der Waals surface area contributed by atoms with Gasteiger partial charge >= 0.3 is 0 Å². The van der Waals surface area contributed by atoms with E-state index in [1.807, 2.05) is 43.3 Å². The molecule has 6 heteroatoms. The first kappa shape index (κ1) is 16.1. The van der Waals surface area contributed by atoms with Gasteiger partial charge in [-0.2, -0.15) is 0 Å². The molecule has 2 aromatic heterocycles. The van der Waals surface area contributed by atoms with Gasteiger partial charge in [-0.3, -0.25) is 9.78 Å². The minimum Gasteiger partial charge on any atom is -0.497 e. The quantitative estimate of drug-likeness (QED) is 0.770. The Kier molecular flexibility index (Phi) is 4.86. The number of pyridine rings is 1. The van der Waals surface area contributed by atoms with Gasteiger partial charge in [-0.05, 0) is 42.8 Å². The van der Waals surface area contributed by atoms with Crippen molar-refractivity contribution < 1.29 is 9.53 Å². The Morgan fingerprint density at radius 3 is 2.71 bits per heavy atom. The largest absolute Gasteiger partial charge is 0.497 e. The number of aromatic nitrogens is 2. The van der Waals surface area contributed by atoms with Gasteiger partial charge < -0.3 is 10.1 Å². The summed E-state index contributed by atoms with van der Waals surface area (Å²) in [6, 6.07) is 11.3. The number of hydrogen-bond donors (Lipinski definition) is 1. The van der Waals surface area contributed by atoms with Crippen LogP contribution in [0, 0.1) is 0 Å². The van der Waals surface area contributed by atoms with E-state index in [0.717, 1.165) is 21.9 Å². The minimum absolute atomic E-state index is 0.127. The number of carbonyl (C=O) groups excluding carboxylic acids is 1. The lowest BCUT2D eigenvalue weighted by Crippen LogP contribution is -2.26. The van der Waals surface area contributed by atoms with Crippen LogP contribution in [0.1, 0.15) is 29.0 Å². The normalized spacial score (nSPS) is 11.8. The van der Waals surface area contributed by atoms with Crippen molar-refractivity contribution in [1.29, 1.82) is 0 Å². The van der Waals surface area contributed by atoms with Gasteiger partial charge in [0.05, 0.1) is 13.2 Å². The number of ether oxygens (including phenoxy) is 1. The van der Waals surface area contributed by atoms with Crippen molar-refractivity contribution in [2.24, 2.45) is 0 Å². The number of benzene rings is 1. The monoisotopic (exact) mass is 339 g/mol. The smallest absolute Gasteiger partial charge is 0.271 e. The Labute approximate surface area is 144 Å². The van der Waals surface area contributed by atoms with E-state index in [2.05, 4.69) is 15.3 Å². The first-order valence-corrected chi connectivity index (χ1v) is 8.36. The highest BCUT2D eigenvalue weighted by molar-refractivity contribution is 7.13. The molecule has 24 heavy (non-hydrogen) atoms. The van der Waals surface area contributed by atoms with Crippen LogP contribution >= 0.6 is 11.3 Å². The number of methoxy groups -OCH3 is 1. The maximum absolute atomic E-state index is 12.4. The van der Waals surface area contributed by atoms with Gasteiger partial charge in [0.1, 0.15) is 16.5 Å². The molecule has 3 rings (SSSR count). The second-order valence-corrected chi connectivity index (χ2v) is 6.11. The summed E-state index contributed by atoms with van der Waals surface area (Å²) in [4.78, 5) is 20.9. The van der Waals surface area contributed by atoms with Crippen molar-refractivity contribution in [3.63, 3.8) is 0 Å². The van der Waals surface area contributed by atoms with Gasteiger partial charge in [0, 0.05) is 23.3 Å². The zero-order chi connectivity index (χ0) is 16.9. The maximum atomic E-state index is 12.4. The lowest BCUT2D eigenvalue weighted by atomic mass is 10.1. The van der Waals surface area contributed by atoms with Crippen LogP contribution in [0.25, 0.3) is 10.6 Å². The number of nitrogens with zero attached hydrogens (tertiary/aromatic N) is 2. The maximum Gasteiger partial charge on any atom is 0.271 e. The third kappa shape index (κ3) is 3.60. The number of nitrogens with one attached hydrogen (secondary N) is 1. The molecule has 0 bridgehead atoms. The van der Waals surface area contributed by atoms with Crippen LogP contribution in [0.15, 0.2) is 54.2 Å². The fraction of sp³-hybridized carbons (Fsp3) is 0.167. The zero-order valence-corrected chi connectivity index (χ0v) is 14.2. The van der Waals surface area contributed by atoms with Crippen LogP contribution in [-0.4, -0.2) is 23.0 Å². The van der Waals surface area contributed by atoms with E-state index in [9.17, 15) is 4.79 Å². The molecule has 0 saturated heterocycles. The van der Waals surface area contributed by atoms with Crippen LogP contribution in [0.2, 0.25) is 0 Å². The lowest BCUT2D eigenvalue weighted by molar-refractivity contribution is 0.0935. The van der Waals surface area contributed by atoms with E-state index < -0.39 is 0 Å². The lowest BCUT2D eigenvalue weighted by Gasteiger charge is -2.12. The molecule has 0 aliphatic heterocycles. The Morgan fingerprint density at radius 2 is 2.04 bits per heavy atom. The van der Waals surface area contributed by atoms with Crippen LogP contribution in [0.3, 0.4) is 0 Å². The van der Waals surface area contributed by atoms with Gasteiger partial charge in [0.2, 0.25) is 0 Å². The SMILES string of the molecule is COc1ccc(-c2nc(C(=O)NC(C)c3cccnc3)cs2)cc1. The molecule has 0 fully saturated rings. The van der Waals surface area contributed by atoms with Crippen molar-refractivity contribution in [3.8, 4) is 16.3 Å². The molecule has 1 amide bonds. The molecular weight excluding hydrogens is 322 g/mol. The number of carbonyl (C=O) groups is 1. The summed E-state index contributed by atoms with van der Waals surface area (Å²) in [5.74, 6) is 0.598. The van der Waals surface area contributed by atoms with Gasteiger partial charge in [-0.1, -0.05) is 6.07 Å². The van der Waals surface area contributed by atoms with Gasteiger partial charge in [0.25, 0.3) is 5.91 Å². The highest BCUT2D eigenvalue weighted by Gasteiger charge is 2.15. The molecular formula is C18H17N3O2S. The fourth-order valence-electron chi connectivity index (χ4n) is 2.23. The molecule has 0 saturated carbocycles. The number of amides is 1. The van der Waals surface area contributed by atoms with Crippen molar-refractivity contribution >= 4 is 17.2 Å². The van der Waals surface area contributed by atoms with Crippen molar-refractivity contribution in [1.82, 2.24) is 15.3 Å². The predicted octanol–water partition coefficient (Wildman–Crippen LogP) is 3.70. The molecule has 1 aromatic carbocycles. The van der Waals surface area contributed by atoms with Gasteiger partial charge in [-0.15, -0.1) is 11.3 Å². The summed E-state index contributed by atoms with van der Waals surface area (Å²) in [5.41, 5.74) is 2.33. The van der Waals surface area contributed by atoms with Crippen LogP contribution < -0.4 is 10.1 Å². The van der Waals surface area contributed by atoms with E-state index in [-0.39, 0.29) is 11.9 Å². The number of hydrogen-bond acceptors (Lipinski definition) is 5.